The third-order valence-corrected chi connectivity index (χ3v) is 6.03. The highest BCUT2D eigenvalue weighted by atomic mass is 32.2. The van der Waals surface area contributed by atoms with Gasteiger partial charge in [-0.25, -0.2) is 13.1 Å². The summed E-state index contributed by atoms with van der Waals surface area (Å²) in [4.78, 5) is 0. The average molecular weight is 274 g/mol. The van der Waals surface area contributed by atoms with E-state index in [4.69, 9.17) is 5.73 Å². The summed E-state index contributed by atoms with van der Waals surface area (Å²) in [5, 5.41) is 1.65. The van der Waals surface area contributed by atoms with Crippen LogP contribution in [-0.4, -0.2) is 15.0 Å². The Labute approximate surface area is 106 Å². The highest BCUT2D eigenvalue weighted by molar-refractivity contribution is 7.91. The van der Waals surface area contributed by atoms with Crippen molar-refractivity contribution in [1.29, 1.82) is 0 Å². The van der Waals surface area contributed by atoms with Crippen molar-refractivity contribution in [3.63, 3.8) is 0 Å². The van der Waals surface area contributed by atoms with Gasteiger partial charge >= 0.3 is 0 Å². The van der Waals surface area contributed by atoms with Crippen LogP contribution in [-0.2, 0) is 10.0 Å². The van der Waals surface area contributed by atoms with Crippen molar-refractivity contribution in [2.75, 3.05) is 12.3 Å². The molecule has 1 aliphatic carbocycles. The Morgan fingerprint density at radius 2 is 2.06 bits per heavy atom. The maximum Gasteiger partial charge on any atom is 0.250 e. The van der Waals surface area contributed by atoms with Crippen LogP contribution < -0.4 is 10.5 Å². The summed E-state index contributed by atoms with van der Waals surface area (Å²) in [5.74, 6) is 0.496. The van der Waals surface area contributed by atoms with E-state index in [1.165, 1.54) is 36.7 Å². The Kier molecular flexibility index (Phi) is 4.06. The molecule has 0 bridgehead atoms. The molecule has 17 heavy (non-hydrogen) atoms. The minimum absolute atomic E-state index is 0.311. The Balaban J connectivity index is 1.93. The number of sulfonamides is 1. The summed E-state index contributed by atoms with van der Waals surface area (Å²) < 4.78 is 26.9. The van der Waals surface area contributed by atoms with E-state index in [2.05, 4.69) is 4.72 Å². The number of hydrogen-bond donors (Lipinski definition) is 2. The minimum atomic E-state index is -3.35. The van der Waals surface area contributed by atoms with Gasteiger partial charge in [0.25, 0.3) is 0 Å². The van der Waals surface area contributed by atoms with E-state index in [9.17, 15) is 8.42 Å². The van der Waals surface area contributed by atoms with Crippen LogP contribution >= 0.6 is 11.3 Å². The maximum atomic E-state index is 11.9. The number of nitrogens with two attached hydrogens (primary N) is 1. The van der Waals surface area contributed by atoms with Gasteiger partial charge in [-0.15, -0.1) is 11.3 Å². The Morgan fingerprint density at radius 1 is 1.35 bits per heavy atom. The van der Waals surface area contributed by atoms with Crippen molar-refractivity contribution in [1.82, 2.24) is 4.72 Å². The summed E-state index contributed by atoms with van der Waals surface area (Å²) >= 11 is 1.17. The molecule has 1 aromatic heterocycles. The van der Waals surface area contributed by atoms with E-state index in [0.29, 0.717) is 22.4 Å². The van der Waals surface area contributed by atoms with E-state index < -0.39 is 10.0 Å². The Hall–Kier alpha value is -0.590. The second kappa shape index (κ2) is 5.37. The van der Waals surface area contributed by atoms with Gasteiger partial charge in [0, 0.05) is 17.6 Å². The maximum absolute atomic E-state index is 11.9. The summed E-state index contributed by atoms with van der Waals surface area (Å²) in [6, 6.07) is 1.51. The molecule has 96 valence electrons. The normalized spacial score (nSPS) is 18.4. The van der Waals surface area contributed by atoms with Gasteiger partial charge in [-0.05, 0) is 24.8 Å². The van der Waals surface area contributed by atoms with Crippen molar-refractivity contribution >= 4 is 27.0 Å². The topological polar surface area (TPSA) is 72.2 Å². The zero-order valence-electron chi connectivity index (χ0n) is 9.69. The van der Waals surface area contributed by atoms with Crippen LogP contribution in [0.4, 0.5) is 5.69 Å². The number of hydrogen-bond acceptors (Lipinski definition) is 4. The van der Waals surface area contributed by atoms with Gasteiger partial charge in [-0.2, -0.15) is 0 Å². The predicted octanol–water partition coefficient (Wildman–Crippen LogP) is 2.19. The molecule has 0 radical (unpaired) electrons. The zero-order valence-corrected chi connectivity index (χ0v) is 11.3. The molecule has 0 atom stereocenters. The third kappa shape index (κ3) is 3.43. The number of nitrogen functional groups attached to an aromatic ring is 1. The van der Waals surface area contributed by atoms with Crippen molar-refractivity contribution in [2.24, 2.45) is 5.92 Å². The fourth-order valence-corrected chi connectivity index (χ4v) is 4.40. The fraction of sp³-hybridized carbons (Fsp3) is 0.636. The van der Waals surface area contributed by atoms with Crippen LogP contribution in [0.1, 0.15) is 32.1 Å². The Bertz CT molecular complexity index is 462. The van der Waals surface area contributed by atoms with E-state index in [0.717, 1.165) is 12.8 Å². The SMILES string of the molecule is Nc1csc(S(=O)(=O)NCC2CCCCC2)c1. The van der Waals surface area contributed by atoms with E-state index in [-0.39, 0.29) is 0 Å². The first-order valence-electron chi connectivity index (χ1n) is 5.91. The molecule has 0 spiro atoms. The van der Waals surface area contributed by atoms with Gasteiger partial charge in [0.1, 0.15) is 4.21 Å². The summed E-state index contributed by atoms with van der Waals surface area (Å²) in [7, 11) is -3.35. The molecule has 1 aliphatic rings. The van der Waals surface area contributed by atoms with Crippen LogP contribution in [0, 0.1) is 5.92 Å². The van der Waals surface area contributed by atoms with Crippen LogP contribution in [0.25, 0.3) is 0 Å². The Morgan fingerprint density at radius 3 is 2.65 bits per heavy atom. The smallest absolute Gasteiger partial charge is 0.250 e. The number of nitrogens with one attached hydrogen (secondary N) is 1. The van der Waals surface area contributed by atoms with Gasteiger partial charge < -0.3 is 5.73 Å². The molecule has 0 unspecified atom stereocenters. The lowest BCUT2D eigenvalue weighted by molar-refractivity contribution is 0.357. The average Bonchev–Trinajstić information content (AvgIpc) is 2.76. The summed E-state index contributed by atoms with van der Waals surface area (Å²) in [5.41, 5.74) is 6.04. The second-order valence-corrected chi connectivity index (χ2v) is 7.46. The predicted molar refractivity (Wildman–Crippen MR) is 70.5 cm³/mol. The molecule has 0 aromatic carbocycles. The second-order valence-electron chi connectivity index (χ2n) is 4.56. The lowest BCUT2D eigenvalue weighted by Crippen LogP contribution is -2.29. The molecule has 0 saturated heterocycles. The monoisotopic (exact) mass is 274 g/mol. The van der Waals surface area contributed by atoms with Gasteiger partial charge in [0.15, 0.2) is 0 Å². The van der Waals surface area contributed by atoms with Crippen LogP contribution in [0.5, 0.6) is 0 Å². The van der Waals surface area contributed by atoms with Gasteiger partial charge in [-0.3, -0.25) is 0 Å². The first-order chi connectivity index (χ1) is 8.08. The molecule has 0 aliphatic heterocycles. The van der Waals surface area contributed by atoms with Gasteiger partial charge in [-0.1, -0.05) is 19.3 Å². The van der Waals surface area contributed by atoms with Gasteiger partial charge in [0.2, 0.25) is 10.0 Å². The molecule has 6 heteroatoms. The van der Waals surface area contributed by atoms with Gasteiger partial charge in [0.05, 0.1) is 0 Å². The molecule has 1 aromatic rings. The molecule has 3 N–H and O–H groups in total. The van der Waals surface area contributed by atoms with Crippen molar-refractivity contribution < 1.29 is 8.42 Å². The molecular weight excluding hydrogens is 256 g/mol. The van der Waals surface area contributed by atoms with E-state index >= 15 is 0 Å². The number of thiophene rings is 1. The van der Waals surface area contributed by atoms with E-state index in [1.54, 1.807) is 5.38 Å². The van der Waals surface area contributed by atoms with Crippen LogP contribution in [0.15, 0.2) is 15.7 Å². The molecule has 0 amide bonds. The zero-order chi connectivity index (χ0) is 12.3. The lowest BCUT2D eigenvalue weighted by Gasteiger charge is -2.21. The number of anilines is 1. The first-order valence-corrected chi connectivity index (χ1v) is 8.28. The molecule has 1 fully saturated rings. The number of rotatable bonds is 4. The fourth-order valence-electron chi connectivity index (χ4n) is 2.16. The van der Waals surface area contributed by atoms with Crippen LogP contribution in [0.3, 0.4) is 0 Å². The first kappa shape index (κ1) is 12.9. The third-order valence-electron chi connectivity index (χ3n) is 3.15. The minimum Gasteiger partial charge on any atom is -0.398 e. The molecular formula is C11H18N2O2S2. The van der Waals surface area contributed by atoms with E-state index in [1.807, 2.05) is 0 Å². The molecule has 2 rings (SSSR count). The van der Waals surface area contributed by atoms with Crippen molar-refractivity contribution in [3.05, 3.63) is 11.4 Å². The largest absolute Gasteiger partial charge is 0.398 e. The highest BCUT2D eigenvalue weighted by Crippen LogP contribution is 2.25. The summed E-state index contributed by atoms with van der Waals surface area (Å²) in [6.45, 7) is 0.556. The standard InChI is InChI=1S/C11H18N2O2S2/c12-10-6-11(16-8-10)17(14,15)13-7-9-4-2-1-3-5-9/h6,8-9,13H,1-5,7,12H2. The molecule has 4 nitrogen and oxygen atoms in total. The quantitative estimate of drug-likeness (QED) is 0.884. The van der Waals surface area contributed by atoms with Crippen molar-refractivity contribution in [3.8, 4) is 0 Å². The lowest BCUT2D eigenvalue weighted by atomic mass is 9.90. The highest BCUT2D eigenvalue weighted by Gasteiger charge is 2.19. The van der Waals surface area contributed by atoms with Crippen LogP contribution in [0.2, 0.25) is 0 Å². The molecule has 1 heterocycles. The summed E-state index contributed by atoms with van der Waals surface area (Å²) in [6.07, 6.45) is 5.99. The molecule has 1 saturated carbocycles. The van der Waals surface area contributed by atoms with Crippen molar-refractivity contribution in [2.45, 2.75) is 36.3 Å².